The summed E-state index contributed by atoms with van der Waals surface area (Å²) in [6, 6.07) is 20.9. The van der Waals surface area contributed by atoms with E-state index in [-0.39, 0.29) is 5.69 Å². The third-order valence-corrected chi connectivity index (χ3v) is 5.97. The van der Waals surface area contributed by atoms with Gasteiger partial charge in [-0.05, 0) is 52.7 Å². The fourth-order valence-electron chi connectivity index (χ4n) is 4.26. The number of aromatic amines is 1. The maximum absolute atomic E-state index is 13.4. The van der Waals surface area contributed by atoms with Crippen molar-refractivity contribution in [3.8, 4) is 28.2 Å². The molecule has 0 atom stereocenters. The van der Waals surface area contributed by atoms with Crippen molar-refractivity contribution in [3.63, 3.8) is 0 Å². The number of pyridine rings is 2. The third-order valence-electron chi connectivity index (χ3n) is 5.97. The van der Waals surface area contributed by atoms with E-state index in [2.05, 4.69) is 25.6 Å². The molecular formula is C26H15F3N6O. The van der Waals surface area contributed by atoms with E-state index in [1.54, 1.807) is 12.3 Å². The summed E-state index contributed by atoms with van der Waals surface area (Å²) in [7, 11) is 0. The van der Waals surface area contributed by atoms with Crippen molar-refractivity contribution >= 4 is 21.8 Å². The van der Waals surface area contributed by atoms with Crippen LogP contribution in [-0.4, -0.2) is 30.2 Å². The largest absolute Gasteiger partial charge is 0.416 e. The highest BCUT2D eigenvalue weighted by molar-refractivity contribution is 6.05. The average molecular weight is 484 g/mol. The molecule has 0 aliphatic carbocycles. The van der Waals surface area contributed by atoms with Gasteiger partial charge in [0.25, 0.3) is 5.56 Å². The molecule has 6 aromatic rings. The van der Waals surface area contributed by atoms with Gasteiger partial charge in [-0.15, -0.1) is 10.2 Å². The number of H-pyrrole nitrogens is 1. The molecule has 36 heavy (non-hydrogen) atoms. The van der Waals surface area contributed by atoms with Crippen LogP contribution in [0.2, 0.25) is 0 Å². The van der Waals surface area contributed by atoms with Gasteiger partial charge < -0.3 is 0 Å². The van der Waals surface area contributed by atoms with Crippen molar-refractivity contribution < 1.29 is 13.2 Å². The number of hydrogen-bond donors (Lipinski definition) is 1. The molecule has 0 spiro atoms. The van der Waals surface area contributed by atoms with Gasteiger partial charge >= 0.3 is 6.18 Å². The fourth-order valence-corrected chi connectivity index (χ4v) is 4.26. The summed E-state index contributed by atoms with van der Waals surface area (Å²) in [6.45, 7) is 0. The van der Waals surface area contributed by atoms with Crippen LogP contribution in [0.4, 0.5) is 13.2 Å². The van der Waals surface area contributed by atoms with E-state index < -0.39 is 17.3 Å². The van der Waals surface area contributed by atoms with Crippen molar-refractivity contribution in [1.82, 2.24) is 30.2 Å². The van der Waals surface area contributed by atoms with E-state index in [1.165, 1.54) is 22.8 Å². The van der Waals surface area contributed by atoms with Crippen LogP contribution >= 0.6 is 0 Å². The van der Waals surface area contributed by atoms with Crippen LogP contribution in [0.5, 0.6) is 0 Å². The van der Waals surface area contributed by atoms with Crippen LogP contribution in [0.25, 0.3) is 50.0 Å². The number of alkyl halides is 3. The molecule has 0 unspecified atom stereocenters. The Balaban J connectivity index is 1.56. The molecule has 176 valence electrons. The first-order valence-corrected chi connectivity index (χ1v) is 10.8. The second kappa shape index (κ2) is 8.12. The molecule has 0 fully saturated rings. The Kier molecular flexibility index (Phi) is 4.89. The van der Waals surface area contributed by atoms with E-state index in [1.807, 2.05) is 42.5 Å². The SMILES string of the molecule is O=c1ccc2cnc3ccc(-c4ccc(-c5nn[nH]n5)cc4)cc3c2n1-c1cccc(C(F)(F)F)c1. The minimum absolute atomic E-state index is 0.128. The molecule has 0 aliphatic heterocycles. The van der Waals surface area contributed by atoms with Crippen LogP contribution < -0.4 is 5.56 Å². The van der Waals surface area contributed by atoms with Crippen molar-refractivity contribution in [2.75, 3.05) is 0 Å². The normalized spacial score (nSPS) is 11.9. The molecule has 6 rings (SSSR count). The van der Waals surface area contributed by atoms with Crippen molar-refractivity contribution in [3.05, 3.63) is 101 Å². The zero-order valence-electron chi connectivity index (χ0n) is 18.4. The summed E-state index contributed by atoms with van der Waals surface area (Å²) in [5.74, 6) is 0.473. The summed E-state index contributed by atoms with van der Waals surface area (Å²) in [5.41, 5.74) is 2.49. The lowest BCUT2D eigenvalue weighted by Gasteiger charge is -2.15. The second-order valence-electron chi connectivity index (χ2n) is 8.16. The zero-order valence-corrected chi connectivity index (χ0v) is 18.4. The van der Waals surface area contributed by atoms with Gasteiger partial charge in [-0.2, -0.15) is 18.4 Å². The quantitative estimate of drug-likeness (QED) is 0.340. The number of tetrazole rings is 1. The lowest BCUT2D eigenvalue weighted by Crippen LogP contribution is -2.18. The first kappa shape index (κ1) is 21.7. The summed E-state index contributed by atoms with van der Waals surface area (Å²) in [4.78, 5) is 17.5. The predicted molar refractivity (Wildman–Crippen MR) is 128 cm³/mol. The molecule has 3 aromatic heterocycles. The van der Waals surface area contributed by atoms with Crippen LogP contribution in [0.3, 0.4) is 0 Å². The Bertz CT molecular complexity index is 1790. The fraction of sp³-hybridized carbons (Fsp3) is 0.0385. The van der Waals surface area contributed by atoms with E-state index in [9.17, 15) is 18.0 Å². The standard InChI is InChI=1S/C26H15F3N6O/c27-26(28,29)19-2-1-3-20(13-19)35-23(36)11-9-18-14-30-22-10-8-17(12-21(22)24(18)35)15-4-6-16(7-5-15)25-31-33-34-32-25/h1-14H,(H,31,32,33,34). The van der Waals surface area contributed by atoms with Crippen molar-refractivity contribution in [1.29, 1.82) is 0 Å². The Hall–Kier alpha value is -4.86. The highest BCUT2D eigenvalue weighted by atomic mass is 19.4. The predicted octanol–water partition coefficient (Wildman–Crippen LogP) is 5.40. The number of nitrogens with one attached hydrogen (secondary N) is 1. The van der Waals surface area contributed by atoms with E-state index in [0.717, 1.165) is 28.8 Å². The Morgan fingerprint density at radius 2 is 1.61 bits per heavy atom. The first-order valence-electron chi connectivity index (χ1n) is 10.8. The van der Waals surface area contributed by atoms with Gasteiger partial charge in [-0.1, -0.05) is 36.4 Å². The molecule has 3 heterocycles. The number of halogens is 3. The molecule has 0 radical (unpaired) electrons. The molecule has 0 saturated heterocycles. The maximum atomic E-state index is 13.4. The monoisotopic (exact) mass is 484 g/mol. The van der Waals surface area contributed by atoms with Crippen LogP contribution in [0.15, 0.2) is 89.9 Å². The molecule has 0 bridgehead atoms. The molecule has 0 amide bonds. The first-order chi connectivity index (χ1) is 17.4. The molecule has 7 nitrogen and oxygen atoms in total. The van der Waals surface area contributed by atoms with Crippen LogP contribution in [-0.2, 0) is 6.18 Å². The number of aromatic nitrogens is 6. The molecular weight excluding hydrogens is 469 g/mol. The van der Waals surface area contributed by atoms with Gasteiger partial charge in [0.2, 0.25) is 5.82 Å². The van der Waals surface area contributed by atoms with Gasteiger partial charge in [0.05, 0.1) is 16.6 Å². The number of rotatable bonds is 3. The van der Waals surface area contributed by atoms with Gasteiger partial charge in [-0.25, -0.2) is 0 Å². The Labute approximate surface area is 200 Å². The van der Waals surface area contributed by atoms with Gasteiger partial charge in [-0.3, -0.25) is 14.3 Å². The molecule has 0 aliphatic rings. The van der Waals surface area contributed by atoms with E-state index >= 15 is 0 Å². The molecule has 1 N–H and O–H groups in total. The zero-order chi connectivity index (χ0) is 24.9. The summed E-state index contributed by atoms with van der Waals surface area (Å²) < 4.78 is 41.5. The van der Waals surface area contributed by atoms with Gasteiger partial charge in [0, 0.05) is 34.3 Å². The number of benzene rings is 3. The Morgan fingerprint density at radius 1 is 0.833 bits per heavy atom. The smallest absolute Gasteiger partial charge is 0.276 e. The average Bonchev–Trinajstić information content (AvgIpc) is 3.43. The summed E-state index contributed by atoms with van der Waals surface area (Å²) >= 11 is 0. The molecule has 10 heteroatoms. The highest BCUT2D eigenvalue weighted by Gasteiger charge is 2.30. The van der Waals surface area contributed by atoms with Crippen molar-refractivity contribution in [2.45, 2.75) is 6.18 Å². The molecule has 3 aromatic carbocycles. The number of nitrogens with zero attached hydrogens (tertiary/aromatic N) is 5. The van der Waals surface area contributed by atoms with E-state index in [0.29, 0.717) is 27.6 Å². The topological polar surface area (TPSA) is 89.3 Å². The number of fused-ring (bicyclic) bond motifs is 3. The second-order valence-corrected chi connectivity index (χ2v) is 8.16. The lowest BCUT2D eigenvalue weighted by atomic mass is 10.0. The highest BCUT2D eigenvalue weighted by Crippen LogP contribution is 2.33. The Morgan fingerprint density at radius 3 is 2.36 bits per heavy atom. The number of hydrogen-bond acceptors (Lipinski definition) is 5. The maximum Gasteiger partial charge on any atom is 0.416 e. The van der Waals surface area contributed by atoms with Crippen LogP contribution in [0.1, 0.15) is 5.56 Å². The minimum Gasteiger partial charge on any atom is -0.276 e. The summed E-state index contributed by atoms with van der Waals surface area (Å²) in [6.07, 6.45) is -2.92. The van der Waals surface area contributed by atoms with Gasteiger partial charge in [0.1, 0.15) is 0 Å². The van der Waals surface area contributed by atoms with Gasteiger partial charge in [0.15, 0.2) is 0 Å². The third kappa shape index (κ3) is 3.68. The van der Waals surface area contributed by atoms with Crippen molar-refractivity contribution in [2.24, 2.45) is 0 Å². The van der Waals surface area contributed by atoms with E-state index in [4.69, 9.17) is 0 Å². The lowest BCUT2D eigenvalue weighted by molar-refractivity contribution is -0.137. The summed E-state index contributed by atoms with van der Waals surface area (Å²) in [5, 5.41) is 15.2. The minimum atomic E-state index is -4.53. The van der Waals surface area contributed by atoms with Crippen LogP contribution in [0, 0.1) is 0 Å². The molecule has 0 saturated carbocycles.